The second-order valence-electron chi connectivity index (χ2n) is 5.24. The van der Waals surface area contributed by atoms with Gasteiger partial charge in [-0.15, -0.1) is 0 Å². The second-order valence-corrected chi connectivity index (χ2v) is 5.24. The zero-order chi connectivity index (χ0) is 14.1. The monoisotopic (exact) mass is 271 g/mol. The van der Waals surface area contributed by atoms with Crippen molar-refractivity contribution in [3.8, 4) is 11.4 Å². The van der Waals surface area contributed by atoms with E-state index in [-0.39, 0.29) is 5.82 Å². The Balaban J connectivity index is 2.09. The lowest BCUT2D eigenvalue weighted by Crippen LogP contribution is -2.04. The Kier molecular flexibility index (Phi) is 3.49. The molecule has 0 radical (unpaired) electrons. The molecule has 1 aliphatic heterocycles. The van der Waals surface area contributed by atoms with E-state index in [1.54, 1.807) is 13.0 Å². The number of benzene rings is 1. The van der Waals surface area contributed by atoms with Crippen molar-refractivity contribution in [2.45, 2.75) is 39.8 Å². The molecule has 0 spiro atoms. The summed E-state index contributed by atoms with van der Waals surface area (Å²) in [5, 5.41) is 3.32. The fourth-order valence-corrected chi connectivity index (χ4v) is 2.59. The lowest BCUT2D eigenvalue weighted by atomic mass is 10.1. The molecular weight excluding hydrogens is 253 g/mol. The van der Waals surface area contributed by atoms with Crippen molar-refractivity contribution < 1.29 is 4.39 Å². The second kappa shape index (κ2) is 5.29. The molecule has 1 aliphatic rings. The summed E-state index contributed by atoms with van der Waals surface area (Å²) in [6.07, 6.45) is 2.02. The fraction of sp³-hybridized carbons (Fsp3) is 0.375. The van der Waals surface area contributed by atoms with E-state index in [1.807, 2.05) is 6.07 Å². The highest BCUT2D eigenvalue weighted by atomic mass is 19.1. The van der Waals surface area contributed by atoms with Gasteiger partial charge < -0.3 is 5.32 Å². The van der Waals surface area contributed by atoms with Crippen LogP contribution in [0.15, 0.2) is 18.2 Å². The average molecular weight is 271 g/mol. The summed E-state index contributed by atoms with van der Waals surface area (Å²) >= 11 is 0. The number of rotatable bonds is 3. The summed E-state index contributed by atoms with van der Waals surface area (Å²) < 4.78 is 13.4. The summed E-state index contributed by atoms with van der Waals surface area (Å²) in [6, 6.07) is 5.05. The van der Waals surface area contributed by atoms with Gasteiger partial charge in [0, 0.05) is 29.9 Å². The molecule has 0 aliphatic carbocycles. The van der Waals surface area contributed by atoms with Gasteiger partial charge in [0.1, 0.15) is 5.82 Å². The molecule has 1 aromatic carbocycles. The molecular formula is C16H18FN3. The van der Waals surface area contributed by atoms with Gasteiger partial charge in [-0.25, -0.2) is 14.4 Å². The topological polar surface area (TPSA) is 37.8 Å². The predicted molar refractivity (Wildman–Crippen MR) is 76.7 cm³/mol. The van der Waals surface area contributed by atoms with E-state index in [1.165, 1.54) is 11.6 Å². The molecule has 20 heavy (non-hydrogen) atoms. The van der Waals surface area contributed by atoms with Crippen LogP contribution in [-0.2, 0) is 19.5 Å². The minimum Gasteiger partial charge on any atom is -0.307 e. The lowest BCUT2D eigenvalue weighted by molar-refractivity contribution is 0.618. The van der Waals surface area contributed by atoms with E-state index in [4.69, 9.17) is 4.98 Å². The first-order chi connectivity index (χ1) is 9.69. The normalized spacial score (nSPS) is 13.6. The van der Waals surface area contributed by atoms with Crippen LogP contribution < -0.4 is 5.32 Å². The van der Waals surface area contributed by atoms with Crippen LogP contribution in [0, 0.1) is 12.7 Å². The Hall–Kier alpha value is -1.81. The summed E-state index contributed by atoms with van der Waals surface area (Å²) in [5.74, 6) is 0.518. The van der Waals surface area contributed by atoms with Gasteiger partial charge in [0.15, 0.2) is 5.82 Å². The maximum absolute atomic E-state index is 13.4. The summed E-state index contributed by atoms with van der Waals surface area (Å²) in [6.45, 7) is 5.56. The molecule has 0 atom stereocenters. The van der Waals surface area contributed by atoms with Crippen molar-refractivity contribution >= 4 is 0 Å². The van der Waals surface area contributed by atoms with Crippen LogP contribution in [0.1, 0.15) is 35.9 Å². The van der Waals surface area contributed by atoms with Crippen molar-refractivity contribution in [3.05, 3.63) is 46.5 Å². The van der Waals surface area contributed by atoms with Crippen LogP contribution in [0.5, 0.6) is 0 Å². The average Bonchev–Trinajstić information content (AvgIpc) is 2.90. The van der Waals surface area contributed by atoms with Crippen LogP contribution in [0.4, 0.5) is 4.39 Å². The third kappa shape index (κ3) is 2.31. The van der Waals surface area contributed by atoms with Gasteiger partial charge in [-0.05, 0) is 37.1 Å². The maximum atomic E-state index is 13.4. The molecule has 0 fully saturated rings. The van der Waals surface area contributed by atoms with Gasteiger partial charge in [-0.2, -0.15) is 0 Å². The van der Waals surface area contributed by atoms with E-state index >= 15 is 0 Å². The van der Waals surface area contributed by atoms with Crippen molar-refractivity contribution in [3.63, 3.8) is 0 Å². The zero-order valence-electron chi connectivity index (χ0n) is 11.8. The van der Waals surface area contributed by atoms with Crippen molar-refractivity contribution in [2.24, 2.45) is 0 Å². The number of fused-ring (bicyclic) bond motifs is 1. The first-order valence-corrected chi connectivity index (χ1v) is 7.05. The first kappa shape index (κ1) is 13.2. The quantitative estimate of drug-likeness (QED) is 0.932. The molecule has 0 saturated heterocycles. The van der Waals surface area contributed by atoms with Crippen molar-refractivity contribution in [2.75, 3.05) is 0 Å². The summed E-state index contributed by atoms with van der Waals surface area (Å²) in [4.78, 5) is 9.34. The Labute approximate surface area is 118 Å². The highest BCUT2D eigenvalue weighted by Crippen LogP contribution is 2.24. The van der Waals surface area contributed by atoms with E-state index in [2.05, 4.69) is 17.2 Å². The van der Waals surface area contributed by atoms with E-state index in [0.717, 1.165) is 42.9 Å². The van der Waals surface area contributed by atoms with Crippen LogP contribution >= 0.6 is 0 Å². The molecule has 0 amide bonds. The molecule has 3 rings (SSSR count). The number of aryl methyl sites for hydroxylation is 2. The third-order valence-corrected chi connectivity index (χ3v) is 3.68. The number of nitrogens with one attached hydrogen (secondary N) is 1. The molecule has 1 aromatic heterocycles. The fourth-order valence-electron chi connectivity index (χ4n) is 2.59. The molecule has 2 heterocycles. The largest absolute Gasteiger partial charge is 0.307 e. The highest BCUT2D eigenvalue weighted by molar-refractivity contribution is 5.57. The number of aromatic nitrogens is 2. The zero-order valence-corrected chi connectivity index (χ0v) is 11.8. The maximum Gasteiger partial charge on any atom is 0.159 e. The van der Waals surface area contributed by atoms with Gasteiger partial charge in [0.2, 0.25) is 0 Å². The van der Waals surface area contributed by atoms with Crippen LogP contribution in [0.3, 0.4) is 0 Å². The molecule has 0 saturated carbocycles. The van der Waals surface area contributed by atoms with Gasteiger partial charge in [0.05, 0.1) is 5.69 Å². The van der Waals surface area contributed by atoms with Crippen LogP contribution in [0.25, 0.3) is 11.4 Å². The SMILES string of the molecule is CCCc1nc(-c2ccc(F)c(C)c2)nc2c1CNC2. The molecule has 1 N–H and O–H groups in total. The highest BCUT2D eigenvalue weighted by Gasteiger charge is 2.19. The Bertz CT molecular complexity index is 652. The molecule has 0 unspecified atom stereocenters. The Morgan fingerprint density at radius 2 is 2.10 bits per heavy atom. The number of nitrogens with zero attached hydrogens (tertiary/aromatic N) is 2. The first-order valence-electron chi connectivity index (χ1n) is 7.05. The third-order valence-electron chi connectivity index (χ3n) is 3.68. The minimum atomic E-state index is -0.189. The summed E-state index contributed by atoms with van der Waals surface area (Å²) in [7, 11) is 0. The van der Waals surface area contributed by atoms with E-state index < -0.39 is 0 Å². The molecule has 4 heteroatoms. The smallest absolute Gasteiger partial charge is 0.159 e. The van der Waals surface area contributed by atoms with Crippen LogP contribution in [-0.4, -0.2) is 9.97 Å². The van der Waals surface area contributed by atoms with Gasteiger partial charge in [-0.3, -0.25) is 0 Å². The number of halogens is 1. The van der Waals surface area contributed by atoms with Crippen molar-refractivity contribution in [1.29, 1.82) is 0 Å². The van der Waals surface area contributed by atoms with Gasteiger partial charge in [-0.1, -0.05) is 13.3 Å². The Morgan fingerprint density at radius 1 is 1.25 bits per heavy atom. The molecule has 104 valence electrons. The van der Waals surface area contributed by atoms with E-state index in [9.17, 15) is 4.39 Å². The standard InChI is InChI=1S/C16H18FN3/c1-3-4-14-12-8-18-9-15(12)20-16(19-14)11-5-6-13(17)10(2)7-11/h5-7,18H,3-4,8-9H2,1-2H3. The Morgan fingerprint density at radius 3 is 2.85 bits per heavy atom. The van der Waals surface area contributed by atoms with Gasteiger partial charge in [0.25, 0.3) is 0 Å². The predicted octanol–water partition coefficient (Wildman–Crippen LogP) is 3.15. The van der Waals surface area contributed by atoms with Crippen LogP contribution in [0.2, 0.25) is 0 Å². The number of hydrogen-bond acceptors (Lipinski definition) is 3. The molecule has 2 aromatic rings. The lowest BCUT2D eigenvalue weighted by Gasteiger charge is -2.09. The van der Waals surface area contributed by atoms with Gasteiger partial charge >= 0.3 is 0 Å². The molecule has 3 nitrogen and oxygen atoms in total. The number of hydrogen-bond donors (Lipinski definition) is 1. The van der Waals surface area contributed by atoms with Crippen molar-refractivity contribution in [1.82, 2.24) is 15.3 Å². The van der Waals surface area contributed by atoms with E-state index in [0.29, 0.717) is 11.4 Å². The summed E-state index contributed by atoms with van der Waals surface area (Å²) in [5.41, 5.74) is 4.96. The molecule has 0 bridgehead atoms. The minimum absolute atomic E-state index is 0.189.